The molecule has 0 aliphatic heterocycles. The zero-order chi connectivity index (χ0) is 12.3. The van der Waals surface area contributed by atoms with Crippen LogP contribution in [0.1, 0.15) is 10.4 Å². The van der Waals surface area contributed by atoms with E-state index >= 15 is 0 Å². The number of rotatable bonds is 4. The summed E-state index contributed by atoms with van der Waals surface area (Å²) < 4.78 is 40.1. The van der Waals surface area contributed by atoms with Crippen molar-refractivity contribution in [2.45, 2.75) is 0 Å². The zero-order valence-electron chi connectivity index (χ0n) is 8.86. The van der Waals surface area contributed by atoms with Gasteiger partial charge in [0, 0.05) is 6.26 Å². The highest BCUT2D eigenvalue weighted by Gasteiger charge is 2.19. The molecule has 0 saturated heterocycles. The van der Waals surface area contributed by atoms with Gasteiger partial charge in [0.15, 0.2) is 27.2 Å². The molecule has 1 rings (SSSR count). The molecule has 6 heteroatoms. The van der Waals surface area contributed by atoms with Crippen LogP contribution < -0.4 is 4.74 Å². The zero-order valence-corrected chi connectivity index (χ0v) is 9.67. The van der Waals surface area contributed by atoms with Gasteiger partial charge < -0.3 is 4.74 Å². The Labute approximate surface area is 93.0 Å². The van der Waals surface area contributed by atoms with Crippen LogP contribution in [0.5, 0.6) is 5.75 Å². The Kier molecular flexibility index (Phi) is 3.64. The largest absolute Gasteiger partial charge is 0.494 e. The van der Waals surface area contributed by atoms with Gasteiger partial charge in [-0.25, -0.2) is 12.8 Å². The quantitative estimate of drug-likeness (QED) is 0.745. The van der Waals surface area contributed by atoms with Gasteiger partial charge in [0.25, 0.3) is 0 Å². The van der Waals surface area contributed by atoms with Crippen LogP contribution in [0.4, 0.5) is 4.39 Å². The molecule has 0 unspecified atom stereocenters. The first-order valence-corrected chi connectivity index (χ1v) is 6.44. The van der Waals surface area contributed by atoms with E-state index in [1.165, 1.54) is 25.3 Å². The third kappa shape index (κ3) is 3.03. The smallest absolute Gasteiger partial charge is 0.180 e. The van der Waals surface area contributed by atoms with E-state index in [0.29, 0.717) is 0 Å². The summed E-state index contributed by atoms with van der Waals surface area (Å²) in [6.07, 6.45) is 0.920. The lowest BCUT2D eigenvalue weighted by atomic mass is 10.1. The van der Waals surface area contributed by atoms with E-state index in [0.717, 1.165) is 6.26 Å². The van der Waals surface area contributed by atoms with Gasteiger partial charge in [-0.05, 0) is 12.1 Å². The number of ketones is 1. The highest BCUT2D eigenvalue weighted by Crippen LogP contribution is 2.20. The number of hydrogen-bond donors (Lipinski definition) is 0. The molecule has 0 radical (unpaired) electrons. The molecule has 4 nitrogen and oxygen atoms in total. The van der Waals surface area contributed by atoms with E-state index in [9.17, 15) is 17.6 Å². The first-order chi connectivity index (χ1) is 7.35. The molecule has 88 valence electrons. The second-order valence-corrected chi connectivity index (χ2v) is 5.46. The van der Waals surface area contributed by atoms with E-state index < -0.39 is 27.2 Å². The minimum Gasteiger partial charge on any atom is -0.494 e. The SMILES string of the molecule is COc1cccc(C(=O)CS(C)(=O)=O)c1F. The Morgan fingerprint density at radius 3 is 2.56 bits per heavy atom. The van der Waals surface area contributed by atoms with E-state index in [-0.39, 0.29) is 11.3 Å². The number of carbonyl (C=O) groups is 1. The fourth-order valence-electron chi connectivity index (χ4n) is 1.20. The second kappa shape index (κ2) is 4.61. The summed E-state index contributed by atoms with van der Waals surface area (Å²) in [5.41, 5.74) is -0.273. The van der Waals surface area contributed by atoms with Crippen LogP contribution >= 0.6 is 0 Å². The van der Waals surface area contributed by atoms with Crippen LogP contribution in [0.3, 0.4) is 0 Å². The Morgan fingerprint density at radius 2 is 2.06 bits per heavy atom. The Morgan fingerprint density at radius 1 is 1.44 bits per heavy atom. The molecule has 0 heterocycles. The van der Waals surface area contributed by atoms with Gasteiger partial charge >= 0.3 is 0 Å². The van der Waals surface area contributed by atoms with Crippen LogP contribution in [-0.2, 0) is 9.84 Å². The first kappa shape index (κ1) is 12.6. The Balaban J connectivity index is 3.10. The van der Waals surface area contributed by atoms with Crippen LogP contribution in [0.2, 0.25) is 0 Å². The van der Waals surface area contributed by atoms with Gasteiger partial charge in [-0.15, -0.1) is 0 Å². The predicted molar refractivity (Wildman–Crippen MR) is 57.0 cm³/mol. The number of ether oxygens (including phenoxy) is 1. The monoisotopic (exact) mass is 246 g/mol. The standard InChI is InChI=1S/C10H11FO4S/c1-15-9-5-3-4-7(10(9)11)8(12)6-16(2,13)14/h3-5H,6H2,1-2H3. The molecule has 0 spiro atoms. The molecule has 0 saturated carbocycles. The summed E-state index contributed by atoms with van der Waals surface area (Å²) >= 11 is 0. The van der Waals surface area contributed by atoms with Crippen molar-refractivity contribution in [3.63, 3.8) is 0 Å². The molecule has 0 amide bonds. The number of sulfone groups is 1. The van der Waals surface area contributed by atoms with Gasteiger partial charge in [0.05, 0.1) is 12.7 Å². The maximum absolute atomic E-state index is 13.6. The molecule has 0 atom stereocenters. The maximum atomic E-state index is 13.6. The third-order valence-corrected chi connectivity index (χ3v) is 2.66. The number of carbonyl (C=O) groups excluding carboxylic acids is 1. The number of halogens is 1. The van der Waals surface area contributed by atoms with Crippen LogP contribution in [0.15, 0.2) is 18.2 Å². The molecule has 16 heavy (non-hydrogen) atoms. The molecule has 0 fully saturated rings. The van der Waals surface area contributed by atoms with Crippen molar-refractivity contribution in [1.29, 1.82) is 0 Å². The average molecular weight is 246 g/mol. The van der Waals surface area contributed by atoms with Gasteiger partial charge in [-0.2, -0.15) is 0 Å². The predicted octanol–water partition coefficient (Wildman–Crippen LogP) is 1.06. The maximum Gasteiger partial charge on any atom is 0.180 e. The van der Waals surface area contributed by atoms with Crippen LogP contribution in [0.25, 0.3) is 0 Å². The molecule has 0 N–H and O–H groups in total. The van der Waals surface area contributed by atoms with Crippen molar-refractivity contribution in [2.75, 3.05) is 19.1 Å². The average Bonchev–Trinajstić information content (AvgIpc) is 2.15. The van der Waals surface area contributed by atoms with Crippen molar-refractivity contribution in [1.82, 2.24) is 0 Å². The Hall–Kier alpha value is -1.43. The van der Waals surface area contributed by atoms with Gasteiger partial charge in [0.2, 0.25) is 0 Å². The van der Waals surface area contributed by atoms with Gasteiger partial charge in [-0.3, -0.25) is 4.79 Å². The highest BCUT2D eigenvalue weighted by atomic mass is 32.2. The number of hydrogen-bond acceptors (Lipinski definition) is 4. The van der Waals surface area contributed by atoms with Crippen molar-refractivity contribution >= 4 is 15.6 Å². The number of Topliss-reactive ketones (excluding diaryl/α,β-unsaturated/α-hetero) is 1. The minimum absolute atomic E-state index is 0.0839. The lowest BCUT2D eigenvalue weighted by molar-refractivity contribution is 0.101. The normalized spacial score (nSPS) is 11.2. The fourth-order valence-corrected chi connectivity index (χ4v) is 1.83. The van der Waals surface area contributed by atoms with E-state index in [1.54, 1.807) is 0 Å². The molecule has 0 aromatic heterocycles. The number of methoxy groups -OCH3 is 1. The molecule has 1 aromatic rings. The fraction of sp³-hybridized carbons (Fsp3) is 0.300. The van der Waals surface area contributed by atoms with Crippen molar-refractivity contribution in [2.24, 2.45) is 0 Å². The van der Waals surface area contributed by atoms with Crippen molar-refractivity contribution < 1.29 is 22.3 Å². The molecule has 1 aromatic carbocycles. The topological polar surface area (TPSA) is 60.4 Å². The molecule has 0 aliphatic carbocycles. The van der Waals surface area contributed by atoms with Crippen molar-refractivity contribution in [3.05, 3.63) is 29.6 Å². The molecule has 0 bridgehead atoms. The van der Waals surface area contributed by atoms with E-state index in [1.807, 2.05) is 0 Å². The summed E-state index contributed by atoms with van der Waals surface area (Å²) in [6.45, 7) is 0. The minimum atomic E-state index is -3.46. The summed E-state index contributed by atoms with van der Waals surface area (Å²) in [7, 11) is -2.20. The van der Waals surface area contributed by atoms with Crippen LogP contribution in [-0.4, -0.2) is 33.3 Å². The Bertz CT molecular complexity index is 508. The molecule has 0 aliphatic rings. The number of benzene rings is 1. The lowest BCUT2D eigenvalue weighted by Gasteiger charge is -2.05. The second-order valence-electron chi connectivity index (χ2n) is 3.32. The first-order valence-electron chi connectivity index (χ1n) is 4.38. The van der Waals surface area contributed by atoms with E-state index in [2.05, 4.69) is 4.74 Å². The highest BCUT2D eigenvalue weighted by molar-refractivity contribution is 7.91. The van der Waals surface area contributed by atoms with E-state index in [4.69, 9.17) is 0 Å². The summed E-state index contributed by atoms with van der Waals surface area (Å²) in [5.74, 6) is -2.41. The van der Waals surface area contributed by atoms with Gasteiger partial charge in [0.1, 0.15) is 5.75 Å². The lowest BCUT2D eigenvalue weighted by Crippen LogP contribution is -2.16. The summed E-state index contributed by atoms with van der Waals surface area (Å²) in [4.78, 5) is 11.5. The summed E-state index contributed by atoms with van der Waals surface area (Å²) in [5, 5.41) is 0. The summed E-state index contributed by atoms with van der Waals surface area (Å²) in [6, 6.07) is 4.01. The van der Waals surface area contributed by atoms with Gasteiger partial charge in [-0.1, -0.05) is 6.07 Å². The molecular formula is C10H11FO4S. The molecular weight excluding hydrogens is 235 g/mol. The third-order valence-electron chi connectivity index (χ3n) is 1.88. The van der Waals surface area contributed by atoms with Crippen molar-refractivity contribution in [3.8, 4) is 5.75 Å². The van der Waals surface area contributed by atoms with Crippen LogP contribution in [0, 0.1) is 5.82 Å².